The Hall–Kier alpha value is -0.150. The Balaban J connectivity index is 0. The summed E-state index contributed by atoms with van der Waals surface area (Å²) in [6.45, 7) is 2.51. The van der Waals surface area contributed by atoms with Gasteiger partial charge >= 0.3 is 51.9 Å². The minimum atomic E-state index is -4.81. The van der Waals surface area contributed by atoms with E-state index in [1.54, 1.807) is 0 Å². The maximum atomic E-state index is 11.4. The first kappa shape index (κ1) is 28.1. The maximum absolute atomic E-state index is 11.4. The van der Waals surface area contributed by atoms with Crippen molar-refractivity contribution in [3.63, 3.8) is 0 Å². The summed E-state index contributed by atoms with van der Waals surface area (Å²) in [5.74, 6) is -1.77. The molecule has 0 saturated heterocycles. The normalized spacial score (nSPS) is 10.8. The van der Waals surface area contributed by atoms with Gasteiger partial charge in [-0.05, 0) is 6.42 Å². The predicted molar refractivity (Wildman–Crippen MR) is 101 cm³/mol. The Morgan fingerprint density at radius 3 is 1.65 bits per heavy atom. The van der Waals surface area contributed by atoms with Gasteiger partial charge in [0.15, 0.2) is 0 Å². The van der Waals surface area contributed by atoms with E-state index < -0.39 is 28.8 Å². The van der Waals surface area contributed by atoms with Gasteiger partial charge in [0.05, 0.1) is 19.4 Å². The zero-order chi connectivity index (χ0) is 19.0. The van der Waals surface area contributed by atoms with Crippen molar-refractivity contribution in [1.82, 2.24) is 0 Å². The molecule has 0 spiro atoms. The number of hydrogen-bond acceptors (Lipinski definition) is 6. The van der Waals surface area contributed by atoms with E-state index in [4.69, 9.17) is 9.29 Å². The number of carbonyl (C=O) groups is 2. The summed E-state index contributed by atoms with van der Waals surface area (Å²) in [5, 5.41) is 0. The van der Waals surface area contributed by atoms with Crippen LogP contribution in [0, 0.1) is 0 Å². The van der Waals surface area contributed by atoms with Crippen molar-refractivity contribution in [2.75, 3.05) is 6.61 Å². The van der Waals surface area contributed by atoms with Gasteiger partial charge in [0.2, 0.25) is 0 Å². The summed E-state index contributed by atoms with van der Waals surface area (Å²) in [6, 6.07) is 0. The molecule has 0 amide bonds. The second-order valence-corrected chi connectivity index (χ2v) is 7.16. The van der Waals surface area contributed by atoms with Gasteiger partial charge in [-0.3, -0.25) is 14.1 Å². The average molecular weight is 405 g/mol. The molecule has 0 unspecified atom stereocenters. The van der Waals surface area contributed by atoms with Gasteiger partial charge < -0.3 is 8.92 Å². The molecule has 0 fully saturated rings. The topological polar surface area (TPSA) is 107 Å². The third-order valence-corrected chi connectivity index (χ3v) is 4.14. The Morgan fingerprint density at radius 2 is 1.19 bits per heavy atom. The molecule has 0 aromatic carbocycles. The van der Waals surface area contributed by atoms with E-state index >= 15 is 0 Å². The molecule has 7 nitrogen and oxygen atoms in total. The first-order chi connectivity index (χ1) is 11.8. The Labute approximate surface area is 179 Å². The summed E-state index contributed by atoms with van der Waals surface area (Å²) < 4.78 is 37.5. The summed E-state index contributed by atoms with van der Waals surface area (Å²) in [4.78, 5) is 22.3. The second kappa shape index (κ2) is 18.2. The summed E-state index contributed by atoms with van der Waals surface area (Å²) in [5.41, 5.74) is 0. The van der Waals surface area contributed by atoms with Crippen LogP contribution in [0.1, 0.15) is 90.4 Å². The van der Waals surface area contributed by atoms with Crippen LogP contribution in [0.2, 0.25) is 0 Å². The molecule has 0 aromatic rings. The van der Waals surface area contributed by atoms with Crippen LogP contribution in [0.25, 0.3) is 0 Å². The zero-order valence-electron chi connectivity index (χ0n) is 15.2. The molecule has 0 aliphatic rings. The first-order valence-corrected chi connectivity index (χ1v) is 10.6. The minimum absolute atomic E-state index is 0. The van der Waals surface area contributed by atoms with Crippen LogP contribution in [-0.4, -0.2) is 61.1 Å². The summed E-state index contributed by atoms with van der Waals surface area (Å²) in [7, 11) is -4.81. The summed E-state index contributed by atoms with van der Waals surface area (Å²) >= 11 is 0. The monoisotopic (exact) mass is 404 g/mol. The van der Waals surface area contributed by atoms with Gasteiger partial charge in [-0.25, -0.2) is 0 Å². The van der Waals surface area contributed by atoms with E-state index in [0.29, 0.717) is 6.61 Å². The predicted octanol–water partition coefficient (Wildman–Crippen LogP) is 3.32. The third-order valence-electron chi connectivity index (χ3n) is 3.74. The summed E-state index contributed by atoms with van der Waals surface area (Å²) in [6.07, 6.45) is 12.5. The molecule has 0 aromatic heterocycles. The first-order valence-electron chi connectivity index (χ1n) is 9.20. The van der Waals surface area contributed by atoms with Gasteiger partial charge in [0.25, 0.3) is 0 Å². The molecule has 0 heterocycles. The SMILES string of the molecule is CCCCCCCCCCCCCOC(=O)CCC(=O)OS(=O)(=O)O.[NaH]. The van der Waals surface area contributed by atoms with Crippen LogP contribution in [-0.2, 0) is 28.9 Å². The Morgan fingerprint density at radius 1 is 0.769 bits per heavy atom. The molecular formula is C17H33NaO7S. The van der Waals surface area contributed by atoms with E-state index in [2.05, 4.69) is 11.1 Å². The molecule has 0 aliphatic carbocycles. The zero-order valence-corrected chi connectivity index (χ0v) is 16.0. The van der Waals surface area contributed by atoms with E-state index in [0.717, 1.165) is 19.3 Å². The fraction of sp³-hybridized carbons (Fsp3) is 0.882. The van der Waals surface area contributed by atoms with E-state index in [1.165, 1.54) is 51.4 Å². The fourth-order valence-corrected chi connectivity index (χ4v) is 2.71. The molecule has 0 bridgehead atoms. The van der Waals surface area contributed by atoms with Crippen molar-refractivity contribution in [1.29, 1.82) is 0 Å². The molecule has 26 heavy (non-hydrogen) atoms. The van der Waals surface area contributed by atoms with Crippen molar-refractivity contribution >= 4 is 51.9 Å². The number of rotatable bonds is 16. The van der Waals surface area contributed by atoms with Gasteiger partial charge in [-0.2, -0.15) is 8.42 Å². The van der Waals surface area contributed by atoms with Crippen LogP contribution < -0.4 is 0 Å². The molecular weight excluding hydrogens is 371 g/mol. The molecule has 0 saturated carbocycles. The van der Waals surface area contributed by atoms with Crippen LogP contribution in [0.15, 0.2) is 0 Å². The van der Waals surface area contributed by atoms with Crippen LogP contribution >= 0.6 is 0 Å². The molecule has 0 atom stereocenters. The molecule has 0 aliphatic heterocycles. The average Bonchev–Trinajstić information content (AvgIpc) is 2.52. The standard InChI is InChI=1S/C17H32O7S.Na.H/c1-2-3-4-5-6-7-8-9-10-11-12-15-23-16(18)13-14-17(19)24-25(20,21)22;;/h2-15H2,1H3,(H,20,21,22);;. The Bertz CT molecular complexity index is 466. The number of hydrogen-bond donors (Lipinski definition) is 1. The van der Waals surface area contributed by atoms with Gasteiger partial charge in [-0.15, -0.1) is 0 Å². The van der Waals surface area contributed by atoms with Crippen molar-refractivity contribution in [2.45, 2.75) is 90.4 Å². The van der Waals surface area contributed by atoms with E-state index in [1.807, 2.05) is 0 Å². The van der Waals surface area contributed by atoms with Gasteiger partial charge in [-0.1, -0.05) is 71.1 Å². The molecule has 1 N–H and O–H groups in total. The van der Waals surface area contributed by atoms with Crippen molar-refractivity contribution in [2.24, 2.45) is 0 Å². The van der Waals surface area contributed by atoms with Crippen LogP contribution in [0.5, 0.6) is 0 Å². The van der Waals surface area contributed by atoms with Crippen molar-refractivity contribution in [3.05, 3.63) is 0 Å². The van der Waals surface area contributed by atoms with Gasteiger partial charge in [0, 0.05) is 0 Å². The van der Waals surface area contributed by atoms with E-state index in [-0.39, 0.29) is 36.0 Å². The van der Waals surface area contributed by atoms with E-state index in [9.17, 15) is 18.0 Å². The molecule has 150 valence electrons. The number of ether oxygens (including phenoxy) is 1. The molecule has 0 radical (unpaired) electrons. The van der Waals surface area contributed by atoms with Crippen LogP contribution in [0.4, 0.5) is 0 Å². The Kier molecular flexibility index (Phi) is 19.7. The second-order valence-electron chi connectivity index (χ2n) is 6.14. The van der Waals surface area contributed by atoms with Crippen LogP contribution in [0.3, 0.4) is 0 Å². The number of esters is 1. The third kappa shape index (κ3) is 21.9. The van der Waals surface area contributed by atoms with Gasteiger partial charge in [0.1, 0.15) is 0 Å². The number of unbranched alkanes of at least 4 members (excludes halogenated alkanes) is 10. The molecule has 9 heteroatoms. The number of carbonyl (C=O) groups excluding carboxylic acids is 2. The van der Waals surface area contributed by atoms with Crippen molar-refractivity contribution in [3.8, 4) is 0 Å². The molecule has 0 rings (SSSR count). The fourth-order valence-electron chi connectivity index (χ4n) is 2.39. The quantitative estimate of drug-likeness (QED) is 0.182. The van der Waals surface area contributed by atoms with Crippen molar-refractivity contribution < 1.29 is 31.5 Å².